The lowest BCUT2D eigenvalue weighted by Crippen LogP contribution is -1.94. The molecule has 136 valence electrons. The van der Waals surface area contributed by atoms with E-state index < -0.39 is 0 Å². The van der Waals surface area contributed by atoms with E-state index in [-0.39, 0.29) is 11.5 Å². The Morgan fingerprint density at radius 3 is 2.32 bits per heavy atom. The molecule has 28 heavy (non-hydrogen) atoms. The van der Waals surface area contributed by atoms with Crippen molar-refractivity contribution in [3.05, 3.63) is 88.9 Å². The zero-order chi connectivity index (χ0) is 19.3. The molecule has 3 aromatic carbocycles. The summed E-state index contributed by atoms with van der Waals surface area (Å²) in [5, 5.41) is 20.6. The Balaban J connectivity index is 1.78. The smallest absolute Gasteiger partial charge is 0.116 e. The van der Waals surface area contributed by atoms with Crippen molar-refractivity contribution in [2.24, 2.45) is 0 Å². The van der Waals surface area contributed by atoms with Crippen molar-refractivity contribution >= 4 is 11.6 Å². The Labute approximate surface area is 167 Å². The molecule has 0 aliphatic heterocycles. The van der Waals surface area contributed by atoms with E-state index >= 15 is 0 Å². The fourth-order valence-corrected chi connectivity index (χ4v) is 3.93. The number of pyridine rings is 1. The van der Waals surface area contributed by atoms with Crippen molar-refractivity contribution in [2.75, 3.05) is 0 Å². The topological polar surface area (TPSA) is 53.4 Å². The summed E-state index contributed by atoms with van der Waals surface area (Å²) in [5.74, 6) is 0.426. The minimum atomic E-state index is 0.200. The van der Waals surface area contributed by atoms with Crippen LogP contribution in [0.2, 0.25) is 5.02 Å². The first-order valence-corrected chi connectivity index (χ1v) is 9.38. The average Bonchev–Trinajstić information content (AvgIpc) is 3.06. The second-order valence-electron chi connectivity index (χ2n) is 6.96. The number of hydrogen-bond donors (Lipinski definition) is 2. The van der Waals surface area contributed by atoms with Crippen LogP contribution in [0, 0.1) is 0 Å². The Kier molecular flexibility index (Phi) is 3.85. The number of hydrogen-bond acceptors (Lipinski definition) is 3. The van der Waals surface area contributed by atoms with Gasteiger partial charge in [0.25, 0.3) is 0 Å². The van der Waals surface area contributed by atoms with Gasteiger partial charge in [0.2, 0.25) is 0 Å². The maximum atomic E-state index is 9.99. The van der Waals surface area contributed by atoms with Gasteiger partial charge < -0.3 is 10.2 Å². The molecule has 0 radical (unpaired) electrons. The van der Waals surface area contributed by atoms with E-state index in [4.69, 9.17) is 16.6 Å². The summed E-state index contributed by atoms with van der Waals surface area (Å²) in [6.45, 7) is 0. The second kappa shape index (κ2) is 6.39. The Morgan fingerprint density at radius 2 is 1.54 bits per heavy atom. The van der Waals surface area contributed by atoms with Gasteiger partial charge in [0.05, 0.1) is 11.4 Å². The maximum absolute atomic E-state index is 9.99. The summed E-state index contributed by atoms with van der Waals surface area (Å²) in [6, 6.07) is 22.3. The van der Waals surface area contributed by atoms with E-state index in [9.17, 15) is 10.2 Å². The highest BCUT2D eigenvalue weighted by molar-refractivity contribution is 6.30. The van der Waals surface area contributed by atoms with Crippen molar-refractivity contribution in [3.63, 3.8) is 0 Å². The SMILES string of the molecule is Oc1cccc(-c2cc(-c3ccc(Cl)cc3)c3c(n2)-c2cc(O)ccc2C3)c1. The molecular weight excluding hydrogens is 370 g/mol. The summed E-state index contributed by atoms with van der Waals surface area (Å²) in [5.41, 5.74) is 7.85. The van der Waals surface area contributed by atoms with Crippen LogP contribution in [-0.2, 0) is 6.42 Å². The van der Waals surface area contributed by atoms with Gasteiger partial charge in [-0.05, 0) is 64.7 Å². The molecule has 5 rings (SSSR count). The van der Waals surface area contributed by atoms with Gasteiger partial charge in [0.1, 0.15) is 11.5 Å². The quantitative estimate of drug-likeness (QED) is 0.389. The van der Waals surface area contributed by atoms with Crippen LogP contribution in [0.25, 0.3) is 33.6 Å². The van der Waals surface area contributed by atoms with Gasteiger partial charge in [0, 0.05) is 22.6 Å². The molecule has 4 aromatic rings. The lowest BCUT2D eigenvalue weighted by atomic mass is 9.96. The van der Waals surface area contributed by atoms with Gasteiger partial charge in [-0.1, -0.05) is 41.9 Å². The summed E-state index contributed by atoms with van der Waals surface area (Å²) in [6.07, 6.45) is 0.760. The molecule has 0 saturated heterocycles. The number of phenolic OH excluding ortho intramolecular Hbond substituents is 2. The first-order valence-electron chi connectivity index (χ1n) is 9.00. The molecule has 0 fully saturated rings. The predicted octanol–water partition coefficient (Wildman–Crippen LogP) is 6.05. The molecule has 1 aliphatic carbocycles. The van der Waals surface area contributed by atoms with Crippen molar-refractivity contribution in [1.82, 2.24) is 4.98 Å². The highest BCUT2D eigenvalue weighted by Gasteiger charge is 2.25. The number of phenols is 2. The molecule has 0 amide bonds. The largest absolute Gasteiger partial charge is 0.508 e. The van der Waals surface area contributed by atoms with E-state index in [1.54, 1.807) is 30.3 Å². The van der Waals surface area contributed by atoms with Crippen LogP contribution >= 0.6 is 11.6 Å². The molecular formula is C24H16ClNO2. The minimum absolute atomic E-state index is 0.200. The van der Waals surface area contributed by atoms with Crippen LogP contribution in [0.3, 0.4) is 0 Å². The molecule has 1 aliphatic rings. The molecule has 3 nitrogen and oxygen atoms in total. The van der Waals surface area contributed by atoms with E-state index in [2.05, 4.69) is 6.07 Å². The van der Waals surface area contributed by atoms with E-state index in [1.165, 1.54) is 0 Å². The monoisotopic (exact) mass is 385 g/mol. The van der Waals surface area contributed by atoms with Crippen molar-refractivity contribution in [3.8, 4) is 45.1 Å². The highest BCUT2D eigenvalue weighted by atomic mass is 35.5. The van der Waals surface area contributed by atoms with Crippen LogP contribution < -0.4 is 0 Å². The molecule has 4 heteroatoms. The van der Waals surface area contributed by atoms with Gasteiger partial charge in [-0.3, -0.25) is 0 Å². The number of fused-ring (bicyclic) bond motifs is 3. The minimum Gasteiger partial charge on any atom is -0.508 e. The first kappa shape index (κ1) is 16.8. The lowest BCUT2D eigenvalue weighted by molar-refractivity contribution is 0.475. The molecule has 2 N–H and O–H groups in total. The lowest BCUT2D eigenvalue weighted by Gasteiger charge is -2.12. The number of rotatable bonds is 2. The maximum Gasteiger partial charge on any atom is 0.116 e. The third-order valence-electron chi connectivity index (χ3n) is 5.14. The van der Waals surface area contributed by atoms with Crippen LogP contribution in [0.1, 0.15) is 11.1 Å². The number of halogens is 1. The average molecular weight is 386 g/mol. The van der Waals surface area contributed by atoms with Crippen LogP contribution in [0.4, 0.5) is 0 Å². The Morgan fingerprint density at radius 1 is 0.750 bits per heavy atom. The molecule has 1 heterocycles. The number of aromatic hydroxyl groups is 2. The van der Waals surface area contributed by atoms with Crippen molar-refractivity contribution < 1.29 is 10.2 Å². The van der Waals surface area contributed by atoms with Gasteiger partial charge >= 0.3 is 0 Å². The number of aromatic nitrogens is 1. The zero-order valence-electron chi connectivity index (χ0n) is 14.9. The van der Waals surface area contributed by atoms with Crippen molar-refractivity contribution in [2.45, 2.75) is 6.42 Å². The van der Waals surface area contributed by atoms with Crippen LogP contribution in [0.5, 0.6) is 11.5 Å². The third-order valence-corrected chi connectivity index (χ3v) is 5.39. The fraction of sp³-hybridized carbons (Fsp3) is 0.0417. The molecule has 1 aromatic heterocycles. The Bertz CT molecular complexity index is 1220. The number of nitrogens with zero attached hydrogens (tertiary/aromatic N) is 1. The van der Waals surface area contributed by atoms with E-state index in [1.807, 2.05) is 36.4 Å². The zero-order valence-corrected chi connectivity index (χ0v) is 15.6. The molecule has 0 bridgehead atoms. The van der Waals surface area contributed by atoms with Crippen molar-refractivity contribution in [1.29, 1.82) is 0 Å². The van der Waals surface area contributed by atoms with Gasteiger partial charge in [-0.2, -0.15) is 0 Å². The predicted molar refractivity (Wildman–Crippen MR) is 112 cm³/mol. The highest BCUT2D eigenvalue weighted by Crippen LogP contribution is 2.43. The normalized spacial score (nSPS) is 11.9. The summed E-state index contributed by atoms with van der Waals surface area (Å²) >= 11 is 6.08. The molecule has 0 atom stereocenters. The molecule has 0 saturated carbocycles. The summed E-state index contributed by atoms with van der Waals surface area (Å²) < 4.78 is 0. The number of benzene rings is 3. The fourth-order valence-electron chi connectivity index (χ4n) is 3.80. The van der Waals surface area contributed by atoms with Gasteiger partial charge in [-0.25, -0.2) is 4.98 Å². The van der Waals surface area contributed by atoms with Gasteiger partial charge in [-0.15, -0.1) is 0 Å². The Hall–Kier alpha value is -3.30. The first-order chi connectivity index (χ1) is 13.6. The van der Waals surface area contributed by atoms with Gasteiger partial charge in [0.15, 0.2) is 0 Å². The van der Waals surface area contributed by atoms with E-state index in [0.717, 1.165) is 51.2 Å². The van der Waals surface area contributed by atoms with Crippen LogP contribution in [0.15, 0.2) is 72.8 Å². The van der Waals surface area contributed by atoms with Crippen LogP contribution in [-0.4, -0.2) is 15.2 Å². The summed E-state index contributed by atoms with van der Waals surface area (Å²) in [4.78, 5) is 4.90. The summed E-state index contributed by atoms with van der Waals surface area (Å²) in [7, 11) is 0. The third kappa shape index (κ3) is 2.81. The second-order valence-corrected chi connectivity index (χ2v) is 7.39. The van der Waals surface area contributed by atoms with E-state index in [0.29, 0.717) is 5.02 Å². The standard InChI is InChI=1S/C24H16ClNO2/c25-17-7-4-14(5-8-17)20-13-23(16-2-1-3-18(27)10-16)26-24-21-12-19(28)9-6-15(21)11-22(20)24/h1-10,12-13,27-28H,11H2. The molecule has 0 spiro atoms. The molecule has 0 unspecified atom stereocenters.